The number of carbonyl (C=O) groups is 1. The Balaban J connectivity index is 1.90. The van der Waals surface area contributed by atoms with Crippen molar-refractivity contribution in [3.63, 3.8) is 0 Å². The van der Waals surface area contributed by atoms with E-state index >= 15 is 0 Å². The average molecular weight is 430 g/mol. The fourth-order valence-electron chi connectivity index (χ4n) is 2.61. The molecule has 0 aliphatic carbocycles. The van der Waals surface area contributed by atoms with Gasteiger partial charge in [-0.1, -0.05) is 22.9 Å². The highest BCUT2D eigenvalue weighted by Crippen LogP contribution is 2.35. The number of phenolic OH excluding ortho intramolecular Hbond substituents is 1. The molecule has 0 atom stereocenters. The van der Waals surface area contributed by atoms with Crippen LogP contribution in [-0.2, 0) is 12.7 Å². The zero-order valence-corrected chi connectivity index (χ0v) is 16.3. The van der Waals surface area contributed by atoms with E-state index in [9.17, 15) is 23.1 Å². The Kier molecular flexibility index (Phi) is 5.51. The Labute approximate surface area is 167 Å². The van der Waals surface area contributed by atoms with Crippen molar-refractivity contribution in [3.8, 4) is 5.75 Å². The van der Waals surface area contributed by atoms with E-state index in [-0.39, 0.29) is 26.2 Å². The van der Waals surface area contributed by atoms with Gasteiger partial charge in [0.1, 0.15) is 5.75 Å². The number of aromatic hydroxyl groups is 1. The Morgan fingerprint density at radius 2 is 2.00 bits per heavy atom. The topological polar surface area (TPSA) is 65.5 Å². The van der Waals surface area contributed by atoms with E-state index in [0.29, 0.717) is 17.6 Å². The Hall–Kier alpha value is -2.36. The number of phenols is 1. The molecule has 1 aromatic heterocycles. The van der Waals surface area contributed by atoms with Crippen molar-refractivity contribution >= 4 is 44.2 Å². The average Bonchev–Trinajstić information content (AvgIpc) is 2.97. The number of aromatic nitrogens is 1. The van der Waals surface area contributed by atoms with Crippen LogP contribution in [0.25, 0.3) is 10.2 Å². The predicted octanol–water partition coefficient (Wildman–Crippen LogP) is 4.99. The fourth-order valence-corrected chi connectivity index (χ4v) is 3.75. The molecule has 0 bridgehead atoms. The highest BCUT2D eigenvalue weighted by molar-refractivity contribution is 7.22. The first-order chi connectivity index (χ1) is 13.0. The lowest BCUT2D eigenvalue weighted by atomic mass is 10.1. The number of amides is 1. The number of rotatable bonds is 4. The van der Waals surface area contributed by atoms with Gasteiger partial charge in [-0.25, -0.2) is 4.98 Å². The van der Waals surface area contributed by atoms with Crippen molar-refractivity contribution in [2.45, 2.75) is 12.7 Å². The molecule has 2 N–H and O–H groups in total. The van der Waals surface area contributed by atoms with Gasteiger partial charge in [0.25, 0.3) is 5.91 Å². The largest absolute Gasteiger partial charge is 0.507 e. The van der Waals surface area contributed by atoms with Crippen molar-refractivity contribution in [1.82, 2.24) is 9.88 Å². The Morgan fingerprint density at radius 1 is 1.29 bits per heavy atom. The van der Waals surface area contributed by atoms with Gasteiger partial charge >= 0.3 is 6.18 Å². The highest BCUT2D eigenvalue weighted by atomic mass is 35.5. The number of alkyl halides is 3. The van der Waals surface area contributed by atoms with Crippen molar-refractivity contribution in [3.05, 3.63) is 52.0 Å². The number of thiazole rings is 1. The van der Waals surface area contributed by atoms with Crippen LogP contribution in [0.4, 0.5) is 18.3 Å². The summed E-state index contributed by atoms with van der Waals surface area (Å²) in [6.45, 7) is 0.369. The lowest BCUT2D eigenvalue weighted by molar-refractivity contribution is -0.137. The molecule has 1 amide bonds. The second kappa shape index (κ2) is 7.57. The number of halogens is 4. The molecule has 1 heterocycles. The van der Waals surface area contributed by atoms with E-state index in [0.717, 1.165) is 23.5 Å². The molecule has 0 radical (unpaired) electrons. The summed E-state index contributed by atoms with van der Waals surface area (Å²) in [6.07, 6.45) is -4.46. The first-order valence-electron chi connectivity index (χ1n) is 8.00. The summed E-state index contributed by atoms with van der Waals surface area (Å²) in [5.74, 6) is -0.869. The van der Waals surface area contributed by atoms with E-state index < -0.39 is 17.6 Å². The van der Waals surface area contributed by atoms with Gasteiger partial charge in [-0.2, -0.15) is 13.2 Å². The van der Waals surface area contributed by atoms with E-state index in [1.54, 1.807) is 25.1 Å². The molecule has 0 unspecified atom stereocenters. The molecule has 0 aliphatic heterocycles. The highest BCUT2D eigenvalue weighted by Gasteiger charge is 2.30. The quantitative estimate of drug-likeness (QED) is 0.613. The molecular formula is C18H15ClF3N3O2S. The maximum Gasteiger partial charge on any atom is 0.416 e. The maximum absolute atomic E-state index is 12.8. The molecular weight excluding hydrogens is 415 g/mol. The summed E-state index contributed by atoms with van der Waals surface area (Å²) in [6, 6.07) is 6.04. The van der Waals surface area contributed by atoms with Crippen LogP contribution in [0.5, 0.6) is 5.75 Å². The number of fused-ring (bicyclic) bond motifs is 1. The summed E-state index contributed by atoms with van der Waals surface area (Å²) in [5.41, 5.74) is -0.0272. The van der Waals surface area contributed by atoms with Gasteiger partial charge in [-0.15, -0.1) is 0 Å². The van der Waals surface area contributed by atoms with Gasteiger partial charge in [0.15, 0.2) is 5.13 Å². The van der Waals surface area contributed by atoms with Crippen LogP contribution in [0, 0.1) is 0 Å². The summed E-state index contributed by atoms with van der Waals surface area (Å²) in [4.78, 5) is 18.5. The summed E-state index contributed by atoms with van der Waals surface area (Å²) in [5, 5.41) is 13.3. The third-order valence-corrected chi connectivity index (χ3v) is 4.97. The van der Waals surface area contributed by atoms with Gasteiger partial charge in [-0.3, -0.25) is 10.1 Å². The van der Waals surface area contributed by atoms with Crippen molar-refractivity contribution in [1.29, 1.82) is 0 Å². The maximum atomic E-state index is 12.8. The lowest BCUT2D eigenvalue weighted by Crippen LogP contribution is -2.15. The zero-order chi connectivity index (χ0) is 20.6. The standard InChI is InChI=1S/C18H15ClF3N3O2S/c1-25(2)8-9-5-11(19)7-12(15(9)26)16(27)24-17-23-13-4-3-10(18(20,21)22)6-14(13)28-17/h3-7,26H,8H2,1-2H3,(H,23,24,27). The van der Waals surface area contributed by atoms with Crippen LogP contribution >= 0.6 is 22.9 Å². The molecule has 0 aliphatic rings. The number of nitrogens with zero attached hydrogens (tertiary/aromatic N) is 2. The van der Waals surface area contributed by atoms with Crippen LogP contribution in [0.15, 0.2) is 30.3 Å². The zero-order valence-electron chi connectivity index (χ0n) is 14.8. The molecule has 148 valence electrons. The van der Waals surface area contributed by atoms with Crippen LogP contribution in [0.1, 0.15) is 21.5 Å². The van der Waals surface area contributed by atoms with Crippen molar-refractivity contribution < 1.29 is 23.1 Å². The first-order valence-corrected chi connectivity index (χ1v) is 9.19. The number of nitrogens with one attached hydrogen (secondary N) is 1. The molecule has 10 heteroatoms. The Bertz CT molecular complexity index is 1050. The second-order valence-corrected chi connectivity index (χ2v) is 7.82. The number of benzene rings is 2. The third-order valence-electron chi connectivity index (χ3n) is 3.82. The van der Waals surface area contributed by atoms with Crippen molar-refractivity contribution in [2.75, 3.05) is 19.4 Å². The van der Waals surface area contributed by atoms with Gasteiger partial charge in [0, 0.05) is 17.1 Å². The number of anilines is 1. The number of hydrogen-bond donors (Lipinski definition) is 2. The van der Waals surface area contributed by atoms with Gasteiger partial charge in [0.2, 0.25) is 0 Å². The van der Waals surface area contributed by atoms with Crippen LogP contribution in [0.3, 0.4) is 0 Å². The summed E-state index contributed by atoms with van der Waals surface area (Å²) >= 11 is 6.96. The van der Waals surface area contributed by atoms with Crippen LogP contribution < -0.4 is 5.32 Å². The predicted molar refractivity (Wildman–Crippen MR) is 103 cm³/mol. The first kappa shape index (κ1) is 20.4. The SMILES string of the molecule is CN(C)Cc1cc(Cl)cc(C(=O)Nc2nc3ccc(C(F)(F)F)cc3s2)c1O. The lowest BCUT2D eigenvalue weighted by Gasteiger charge is -2.14. The van der Waals surface area contributed by atoms with E-state index in [2.05, 4.69) is 10.3 Å². The molecule has 0 fully saturated rings. The summed E-state index contributed by atoms with van der Waals surface area (Å²) < 4.78 is 38.8. The van der Waals surface area contributed by atoms with Gasteiger partial charge < -0.3 is 10.0 Å². The minimum Gasteiger partial charge on any atom is -0.507 e. The van der Waals surface area contributed by atoms with Gasteiger partial charge in [-0.05, 0) is 44.4 Å². The van der Waals surface area contributed by atoms with Crippen LogP contribution in [-0.4, -0.2) is 35.0 Å². The van der Waals surface area contributed by atoms with E-state index in [1.807, 2.05) is 0 Å². The molecule has 3 rings (SSSR count). The smallest absolute Gasteiger partial charge is 0.416 e. The molecule has 2 aromatic carbocycles. The molecule has 3 aromatic rings. The van der Waals surface area contributed by atoms with Crippen LogP contribution in [0.2, 0.25) is 5.02 Å². The molecule has 0 spiro atoms. The molecule has 0 saturated carbocycles. The second-order valence-electron chi connectivity index (χ2n) is 6.35. The molecule has 5 nitrogen and oxygen atoms in total. The molecule has 28 heavy (non-hydrogen) atoms. The molecule has 0 saturated heterocycles. The normalized spacial score (nSPS) is 12.0. The van der Waals surface area contributed by atoms with E-state index in [1.165, 1.54) is 12.1 Å². The Morgan fingerprint density at radius 3 is 2.64 bits per heavy atom. The third kappa shape index (κ3) is 4.37. The summed E-state index contributed by atoms with van der Waals surface area (Å²) in [7, 11) is 3.60. The van der Waals surface area contributed by atoms with E-state index in [4.69, 9.17) is 11.6 Å². The number of hydrogen-bond acceptors (Lipinski definition) is 5. The number of carbonyl (C=O) groups excluding carboxylic acids is 1. The monoisotopic (exact) mass is 429 g/mol. The minimum absolute atomic E-state index is 0.0420. The minimum atomic E-state index is -4.46. The fraction of sp³-hybridized carbons (Fsp3) is 0.222. The van der Waals surface area contributed by atoms with Gasteiger partial charge in [0.05, 0.1) is 21.3 Å². The van der Waals surface area contributed by atoms with Crippen molar-refractivity contribution in [2.24, 2.45) is 0 Å².